The summed E-state index contributed by atoms with van der Waals surface area (Å²) in [5, 5.41) is 30.2. The fourth-order valence-corrected chi connectivity index (χ4v) is 5.46. The van der Waals surface area contributed by atoms with E-state index in [1.54, 1.807) is 11.8 Å². The smallest absolute Gasteiger partial charge is 0.303 e. The van der Waals surface area contributed by atoms with Crippen LogP contribution in [0.5, 0.6) is 0 Å². The molecule has 0 spiro atoms. The Morgan fingerprint density at radius 1 is 0.878 bits per heavy atom. The maximum Gasteiger partial charge on any atom is 0.303 e. The lowest BCUT2D eigenvalue weighted by Crippen LogP contribution is -2.31. The van der Waals surface area contributed by atoms with Crippen molar-refractivity contribution < 1.29 is 34.4 Å². The van der Waals surface area contributed by atoms with Crippen molar-refractivity contribution in [1.82, 2.24) is 5.32 Å². The summed E-state index contributed by atoms with van der Waals surface area (Å²) in [5.74, 6) is 0.350. The van der Waals surface area contributed by atoms with Gasteiger partial charge in [0.25, 0.3) is 0 Å². The van der Waals surface area contributed by atoms with E-state index < -0.39 is 12.3 Å². The van der Waals surface area contributed by atoms with Crippen molar-refractivity contribution in [2.24, 2.45) is 0 Å². The van der Waals surface area contributed by atoms with Crippen LogP contribution >= 0.6 is 11.8 Å². The standard InChI is InChI=1S/C32H37NO7S/c34-15-16-41-21-28-18-29(25-9-7-22(20-35)8-10-25)40-32(39-28)26-13-11-24(12-14-26)27-4-1-3-23(17-27)19-33-30(36)5-2-6-31(37)38/h1,3-4,7-14,17,28-29,32,34-35H,2,5-6,15-16,18-21H2,(H,33,36)(H,37,38)/t28-,29+,32+/m0/s1. The maximum atomic E-state index is 12.0. The highest BCUT2D eigenvalue weighted by Crippen LogP contribution is 2.39. The van der Waals surface area contributed by atoms with Crippen molar-refractivity contribution in [3.05, 3.63) is 95.1 Å². The Hall–Kier alpha value is -3.21. The van der Waals surface area contributed by atoms with E-state index in [0.29, 0.717) is 25.1 Å². The average Bonchev–Trinajstić information content (AvgIpc) is 3.00. The van der Waals surface area contributed by atoms with Gasteiger partial charge in [0.15, 0.2) is 6.29 Å². The number of nitrogens with one attached hydrogen (secondary N) is 1. The minimum absolute atomic E-state index is 0.00352. The van der Waals surface area contributed by atoms with E-state index in [4.69, 9.17) is 14.6 Å². The number of carboxylic acid groups (broad SMARTS) is 1. The third kappa shape index (κ3) is 9.41. The molecular formula is C32H37NO7S. The highest BCUT2D eigenvalue weighted by molar-refractivity contribution is 7.99. The summed E-state index contributed by atoms with van der Waals surface area (Å²) in [5.41, 5.74) is 5.79. The number of hydrogen-bond donors (Lipinski definition) is 4. The molecule has 0 unspecified atom stereocenters. The average molecular weight is 580 g/mol. The van der Waals surface area contributed by atoms with Crippen molar-refractivity contribution in [2.75, 3.05) is 18.1 Å². The van der Waals surface area contributed by atoms with E-state index >= 15 is 0 Å². The van der Waals surface area contributed by atoms with Crippen LogP contribution in [-0.4, -0.2) is 51.4 Å². The second-order valence-corrected chi connectivity index (χ2v) is 11.1. The molecule has 0 aliphatic carbocycles. The molecule has 1 amide bonds. The van der Waals surface area contributed by atoms with Gasteiger partial charge in [-0.25, -0.2) is 0 Å². The summed E-state index contributed by atoms with van der Waals surface area (Å²) in [4.78, 5) is 22.7. The fraction of sp³-hybridized carbons (Fsp3) is 0.375. The minimum Gasteiger partial charge on any atom is -0.481 e. The number of aliphatic hydroxyl groups is 2. The zero-order valence-electron chi connectivity index (χ0n) is 22.9. The van der Waals surface area contributed by atoms with Gasteiger partial charge < -0.3 is 30.1 Å². The van der Waals surface area contributed by atoms with Gasteiger partial charge in [-0.3, -0.25) is 9.59 Å². The zero-order valence-corrected chi connectivity index (χ0v) is 23.7. The predicted octanol–water partition coefficient (Wildman–Crippen LogP) is 4.99. The van der Waals surface area contributed by atoms with Gasteiger partial charge in [-0.15, -0.1) is 0 Å². The number of amides is 1. The van der Waals surface area contributed by atoms with E-state index in [-0.39, 0.29) is 44.2 Å². The summed E-state index contributed by atoms with van der Waals surface area (Å²) in [6, 6.07) is 23.8. The Kier molecular flexibility index (Phi) is 11.8. The van der Waals surface area contributed by atoms with Crippen LogP contribution in [0.25, 0.3) is 11.1 Å². The molecule has 0 bridgehead atoms. The molecule has 0 aromatic heterocycles. The minimum atomic E-state index is -0.900. The van der Waals surface area contributed by atoms with E-state index in [9.17, 15) is 19.8 Å². The molecule has 0 saturated carbocycles. The van der Waals surface area contributed by atoms with Gasteiger partial charge >= 0.3 is 5.97 Å². The lowest BCUT2D eigenvalue weighted by molar-refractivity contribution is -0.245. The molecule has 8 nitrogen and oxygen atoms in total. The second-order valence-electron chi connectivity index (χ2n) is 10.00. The van der Waals surface area contributed by atoms with Crippen LogP contribution in [0.1, 0.15) is 60.3 Å². The SMILES string of the molecule is O=C(O)CCCC(=O)NCc1cccc(-c2ccc([C@@H]3O[C@H](CSCCO)C[C@H](c4ccc(CO)cc4)O3)cc2)c1. The number of aliphatic hydroxyl groups excluding tert-OH is 2. The predicted molar refractivity (Wildman–Crippen MR) is 158 cm³/mol. The van der Waals surface area contributed by atoms with E-state index in [1.165, 1.54) is 0 Å². The summed E-state index contributed by atoms with van der Waals surface area (Å²) in [6.07, 6.45) is 0.463. The molecule has 1 aliphatic heterocycles. The van der Waals surface area contributed by atoms with E-state index in [2.05, 4.69) is 5.32 Å². The van der Waals surface area contributed by atoms with Crippen LogP contribution in [-0.2, 0) is 32.2 Å². The molecule has 1 heterocycles. The third-order valence-electron chi connectivity index (χ3n) is 6.88. The molecule has 4 rings (SSSR count). The number of carbonyl (C=O) groups excluding carboxylic acids is 1. The first-order valence-corrected chi connectivity index (χ1v) is 15.0. The van der Waals surface area contributed by atoms with Gasteiger partial charge in [0, 0.05) is 42.9 Å². The Labute approximate surface area is 244 Å². The molecular weight excluding hydrogens is 542 g/mol. The Bertz CT molecular complexity index is 1270. The quantitative estimate of drug-likeness (QED) is 0.197. The van der Waals surface area contributed by atoms with Crippen LogP contribution in [0.4, 0.5) is 0 Å². The van der Waals surface area contributed by atoms with Crippen LogP contribution in [0.3, 0.4) is 0 Å². The Morgan fingerprint density at radius 3 is 2.34 bits per heavy atom. The molecule has 9 heteroatoms. The van der Waals surface area contributed by atoms with Crippen LogP contribution < -0.4 is 5.32 Å². The van der Waals surface area contributed by atoms with Crippen molar-refractivity contribution >= 4 is 23.6 Å². The number of rotatable bonds is 14. The summed E-state index contributed by atoms with van der Waals surface area (Å²) >= 11 is 1.66. The lowest BCUT2D eigenvalue weighted by Gasteiger charge is -2.36. The first kappa shape index (κ1) is 30.7. The molecule has 4 N–H and O–H groups in total. The van der Waals surface area contributed by atoms with E-state index in [0.717, 1.165) is 39.1 Å². The summed E-state index contributed by atoms with van der Waals surface area (Å²) in [6.45, 7) is 0.500. The number of benzene rings is 3. The monoisotopic (exact) mass is 579 g/mol. The topological polar surface area (TPSA) is 125 Å². The molecule has 3 atom stereocenters. The Balaban J connectivity index is 1.42. The molecule has 1 aliphatic rings. The van der Waals surface area contributed by atoms with Crippen molar-refractivity contribution in [1.29, 1.82) is 0 Å². The zero-order chi connectivity index (χ0) is 29.0. The molecule has 0 radical (unpaired) electrons. The van der Waals surface area contributed by atoms with Gasteiger partial charge in [0.2, 0.25) is 5.91 Å². The molecule has 218 valence electrons. The van der Waals surface area contributed by atoms with E-state index in [1.807, 2.05) is 72.8 Å². The van der Waals surface area contributed by atoms with Crippen LogP contribution in [0.15, 0.2) is 72.8 Å². The first-order valence-electron chi connectivity index (χ1n) is 13.8. The number of carboxylic acids is 1. The molecule has 1 saturated heterocycles. The number of thioether (sulfide) groups is 1. The molecule has 3 aromatic rings. The summed E-state index contributed by atoms with van der Waals surface area (Å²) in [7, 11) is 0. The number of aliphatic carboxylic acids is 1. The maximum absolute atomic E-state index is 12.0. The van der Waals surface area contributed by atoms with Crippen molar-refractivity contribution in [2.45, 2.75) is 57.3 Å². The number of hydrogen-bond acceptors (Lipinski definition) is 7. The third-order valence-corrected chi connectivity index (χ3v) is 7.96. The first-order chi connectivity index (χ1) is 19.9. The molecule has 41 heavy (non-hydrogen) atoms. The van der Waals surface area contributed by atoms with Gasteiger partial charge in [-0.1, -0.05) is 66.7 Å². The fourth-order valence-electron chi connectivity index (χ4n) is 4.68. The Morgan fingerprint density at radius 2 is 1.63 bits per heavy atom. The van der Waals surface area contributed by atoms with Crippen molar-refractivity contribution in [3.63, 3.8) is 0 Å². The van der Waals surface area contributed by atoms with Crippen molar-refractivity contribution in [3.8, 4) is 11.1 Å². The second kappa shape index (κ2) is 15.7. The number of carbonyl (C=O) groups is 2. The van der Waals surface area contributed by atoms with Crippen LogP contribution in [0, 0.1) is 0 Å². The normalized spacial score (nSPS) is 18.6. The summed E-state index contributed by atoms with van der Waals surface area (Å²) < 4.78 is 12.8. The van der Waals surface area contributed by atoms with Gasteiger partial charge in [-0.05, 0) is 40.3 Å². The van der Waals surface area contributed by atoms with Gasteiger partial charge in [0.1, 0.15) is 0 Å². The number of ether oxygens (including phenoxy) is 2. The van der Waals surface area contributed by atoms with Crippen LogP contribution in [0.2, 0.25) is 0 Å². The van der Waals surface area contributed by atoms with Gasteiger partial charge in [-0.2, -0.15) is 11.8 Å². The highest BCUT2D eigenvalue weighted by atomic mass is 32.2. The highest BCUT2D eigenvalue weighted by Gasteiger charge is 2.32. The largest absolute Gasteiger partial charge is 0.481 e. The van der Waals surface area contributed by atoms with Gasteiger partial charge in [0.05, 0.1) is 25.4 Å². The lowest BCUT2D eigenvalue weighted by atomic mass is 9.99. The molecule has 1 fully saturated rings. The molecule has 3 aromatic carbocycles.